The van der Waals surface area contributed by atoms with Crippen LogP contribution in [0.5, 0.6) is 0 Å². The number of esters is 1. The molecule has 0 spiro atoms. The third kappa shape index (κ3) is 5.30. The lowest BCUT2D eigenvalue weighted by molar-refractivity contribution is 0.0526. The van der Waals surface area contributed by atoms with Gasteiger partial charge in [0.15, 0.2) is 0 Å². The molecule has 2 fully saturated rings. The Kier molecular flexibility index (Phi) is 7.49. The third-order valence-electron chi connectivity index (χ3n) is 7.61. The summed E-state index contributed by atoms with van der Waals surface area (Å²) in [6.45, 7) is 14.2. The predicted molar refractivity (Wildman–Crippen MR) is 152 cm³/mol. The molecule has 0 radical (unpaired) electrons. The van der Waals surface area contributed by atoms with Crippen LogP contribution in [0.15, 0.2) is 42.6 Å². The van der Waals surface area contributed by atoms with Gasteiger partial charge in [-0.3, -0.25) is 0 Å². The van der Waals surface area contributed by atoms with E-state index in [1.807, 2.05) is 19.9 Å². The number of rotatable bonds is 6. The summed E-state index contributed by atoms with van der Waals surface area (Å²) in [5.74, 6) is 2.38. The minimum atomic E-state index is -0.330. The number of piperazine rings is 1. The molecule has 8 heteroatoms. The number of aryl methyl sites for hydroxylation is 2. The number of aromatic nitrogens is 3. The molecule has 1 unspecified atom stereocenters. The van der Waals surface area contributed by atoms with Crippen LogP contribution in [0.4, 0.5) is 17.6 Å². The first-order chi connectivity index (χ1) is 18.3. The second-order valence-corrected chi connectivity index (χ2v) is 10.5. The van der Waals surface area contributed by atoms with Crippen molar-refractivity contribution in [1.29, 1.82) is 0 Å². The van der Waals surface area contributed by atoms with Gasteiger partial charge in [-0.05, 0) is 65.2 Å². The van der Waals surface area contributed by atoms with E-state index < -0.39 is 0 Å². The maximum atomic E-state index is 12.1. The van der Waals surface area contributed by atoms with Crippen LogP contribution in [0.3, 0.4) is 0 Å². The lowest BCUT2D eigenvalue weighted by Gasteiger charge is -2.41. The van der Waals surface area contributed by atoms with E-state index in [0.29, 0.717) is 18.2 Å². The average Bonchev–Trinajstić information content (AvgIpc) is 3.34. The first-order valence-electron chi connectivity index (χ1n) is 13.7. The molecule has 4 heterocycles. The van der Waals surface area contributed by atoms with E-state index in [1.165, 1.54) is 18.4 Å². The summed E-state index contributed by atoms with van der Waals surface area (Å²) in [7, 11) is 0. The zero-order valence-corrected chi connectivity index (χ0v) is 23.1. The van der Waals surface area contributed by atoms with E-state index in [0.717, 1.165) is 60.6 Å². The van der Waals surface area contributed by atoms with Crippen molar-refractivity contribution in [1.82, 2.24) is 15.0 Å². The molecule has 0 aliphatic carbocycles. The Morgan fingerprint density at radius 3 is 2.55 bits per heavy atom. The second-order valence-electron chi connectivity index (χ2n) is 10.5. The van der Waals surface area contributed by atoms with Crippen LogP contribution in [0, 0.1) is 13.8 Å². The average molecular weight is 515 g/mol. The summed E-state index contributed by atoms with van der Waals surface area (Å²) in [5, 5.41) is 0. The van der Waals surface area contributed by atoms with E-state index in [2.05, 4.69) is 70.8 Å². The molecule has 2 aromatic heterocycles. The summed E-state index contributed by atoms with van der Waals surface area (Å²) in [6, 6.07) is 13.2. The number of anilines is 3. The molecule has 38 heavy (non-hydrogen) atoms. The normalized spacial score (nSPS) is 19.7. The van der Waals surface area contributed by atoms with E-state index in [1.54, 1.807) is 6.20 Å². The Morgan fingerprint density at radius 1 is 1.03 bits per heavy atom. The predicted octanol–water partition coefficient (Wildman–Crippen LogP) is 5.04. The first-order valence-corrected chi connectivity index (χ1v) is 13.7. The van der Waals surface area contributed by atoms with Gasteiger partial charge in [-0.25, -0.2) is 14.8 Å². The lowest BCUT2D eigenvalue weighted by atomic mass is 10.1. The molecular formula is C30H38N6O2. The van der Waals surface area contributed by atoms with Gasteiger partial charge in [-0.15, -0.1) is 0 Å². The topological polar surface area (TPSA) is 74.7 Å². The van der Waals surface area contributed by atoms with Crippen molar-refractivity contribution in [2.75, 3.05) is 47.5 Å². The molecule has 0 amide bonds. The number of ether oxygens (including phenoxy) is 1. The van der Waals surface area contributed by atoms with Crippen LogP contribution in [-0.4, -0.2) is 65.8 Å². The van der Waals surface area contributed by atoms with Crippen molar-refractivity contribution < 1.29 is 9.53 Å². The highest BCUT2D eigenvalue weighted by Gasteiger charge is 2.29. The summed E-state index contributed by atoms with van der Waals surface area (Å²) < 4.78 is 5.13. The molecule has 200 valence electrons. The quantitative estimate of drug-likeness (QED) is 0.424. The third-order valence-corrected chi connectivity index (χ3v) is 7.61. The minimum Gasteiger partial charge on any atom is -0.462 e. The maximum Gasteiger partial charge on any atom is 0.339 e. The highest BCUT2D eigenvalue weighted by atomic mass is 16.5. The van der Waals surface area contributed by atoms with Gasteiger partial charge in [-0.1, -0.05) is 23.8 Å². The fourth-order valence-corrected chi connectivity index (χ4v) is 5.60. The molecule has 1 aromatic carbocycles. The maximum absolute atomic E-state index is 12.1. The standard InChI is InChI=1S/C30H38N6O2/c1-6-38-29(37)25-16-21(3)28(31-18-25)34-13-14-35(23(5)19-34)27-17-26(24-11-7-9-20(2)15-24)32-30(33-27)36-12-8-10-22(36)4/h7,9,11,15-18,22-23H,6,8,10,12-14,19H2,1-5H3/t22?,23-/m1/s1. The van der Waals surface area contributed by atoms with Crippen LogP contribution in [-0.2, 0) is 4.74 Å². The highest BCUT2D eigenvalue weighted by Crippen LogP contribution is 2.31. The molecule has 8 nitrogen and oxygen atoms in total. The smallest absolute Gasteiger partial charge is 0.339 e. The van der Waals surface area contributed by atoms with Crippen molar-refractivity contribution >= 4 is 23.6 Å². The number of carbonyl (C=O) groups is 1. The Balaban J connectivity index is 1.41. The zero-order chi connectivity index (χ0) is 26.8. The Bertz CT molecular complexity index is 1310. The lowest BCUT2D eigenvalue weighted by Crippen LogP contribution is -2.53. The van der Waals surface area contributed by atoms with Crippen LogP contribution in [0.2, 0.25) is 0 Å². The molecule has 5 rings (SSSR count). The SMILES string of the molecule is CCOC(=O)c1cnc(N2CCN(c3cc(-c4cccc(C)c4)nc(N4CCCC4C)n3)[C@H](C)C2)c(C)c1. The van der Waals surface area contributed by atoms with Crippen molar-refractivity contribution in [3.63, 3.8) is 0 Å². The monoisotopic (exact) mass is 514 g/mol. The van der Waals surface area contributed by atoms with Crippen molar-refractivity contribution in [3.8, 4) is 11.3 Å². The van der Waals surface area contributed by atoms with Crippen molar-refractivity contribution in [2.45, 2.75) is 59.5 Å². The van der Waals surface area contributed by atoms with Gasteiger partial charge in [0.05, 0.1) is 17.9 Å². The van der Waals surface area contributed by atoms with Crippen LogP contribution >= 0.6 is 0 Å². The summed E-state index contributed by atoms with van der Waals surface area (Å²) in [5.41, 5.74) is 4.78. The van der Waals surface area contributed by atoms with Gasteiger partial charge in [0, 0.05) is 56.1 Å². The largest absolute Gasteiger partial charge is 0.462 e. The summed E-state index contributed by atoms with van der Waals surface area (Å²) >= 11 is 0. The number of pyridine rings is 1. The molecule has 2 atom stereocenters. The number of benzene rings is 1. The Morgan fingerprint density at radius 2 is 1.87 bits per heavy atom. The number of hydrogen-bond acceptors (Lipinski definition) is 8. The van der Waals surface area contributed by atoms with E-state index in [4.69, 9.17) is 14.7 Å². The van der Waals surface area contributed by atoms with Gasteiger partial charge in [-0.2, -0.15) is 4.98 Å². The number of nitrogens with zero attached hydrogens (tertiary/aromatic N) is 6. The molecule has 0 N–H and O–H groups in total. The number of hydrogen-bond donors (Lipinski definition) is 0. The van der Waals surface area contributed by atoms with Gasteiger partial charge in [0.1, 0.15) is 11.6 Å². The fraction of sp³-hybridized carbons (Fsp3) is 0.467. The van der Waals surface area contributed by atoms with Crippen LogP contribution in [0.1, 0.15) is 55.1 Å². The van der Waals surface area contributed by atoms with Gasteiger partial charge in [0.2, 0.25) is 5.95 Å². The zero-order valence-electron chi connectivity index (χ0n) is 23.1. The molecule has 2 saturated heterocycles. The first kappa shape index (κ1) is 25.9. The number of carbonyl (C=O) groups excluding carboxylic acids is 1. The summed E-state index contributed by atoms with van der Waals surface area (Å²) in [4.78, 5) is 34.0. The minimum absolute atomic E-state index is 0.221. The van der Waals surface area contributed by atoms with E-state index in [9.17, 15) is 4.79 Å². The van der Waals surface area contributed by atoms with Gasteiger partial charge >= 0.3 is 5.97 Å². The van der Waals surface area contributed by atoms with Crippen molar-refractivity contribution in [3.05, 3.63) is 59.3 Å². The van der Waals surface area contributed by atoms with E-state index in [-0.39, 0.29) is 12.0 Å². The van der Waals surface area contributed by atoms with Gasteiger partial charge < -0.3 is 19.4 Å². The van der Waals surface area contributed by atoms with E-state index >= 15 is 0 Å². The highest BCUT2D eigenvalue weighted by molar-refractivity contribution is 5.89. The van der Waals surface area contributed by atoms with Gasteiger partial charge in [0.25, 0.3) is 0 Å². The Labute approximate surface area is 225 Å². The fourth-order valence-electron chi connectivity index (χ4n) is 5.60. The molecule has 2 aliphatic heterocycles. The molecule has 0 bridgehead atoms. The van der Waals surface area contributed by atoms with Crippen LogP contribution < -0.4 is 14.7 Å². The molecule has 2 aliphatic rings. The molecule has 3 aromatic rings. The van der Waals surface area contributed by atoms with Crippen LogP contribution in [0.25, 0.3) is 11.3 Å². The van der Waals surface area contributed by atoms with Crippen molar-refractivity contribution in [2.24, 2.45) is 0 Å². The molecular weight excluding hydrogens is 476 g/mol. The Hall–Kier alpha value is -3.68. The second kappa shape index (κ2) is 11.0. The molecule has 0 saturated carbocycles. The summed E-state index contributed by atoms with van der Waals surface area (Å²) in [6.07, 6.45) is 3.97.